The van der Waals surface area contributed by atoms with E-state index in [1.54, 1.807) is 6.07 Å². The van der Waals surface area contributed by atoms with Crippen molar-refractivity contribution in [1.82, 2.24) is 0 Å². The van der Waals surface area contributed by atoms with E-state index in [1.807, 2.05) is 0 Å². The zero-order valence-corrected chi connectivity index (χ0v) is 14.3. The average Bonchev–Trinajstić information content (AvgIpc) is 2.77. The molecule has 118 valence electrons. The third-order valence-corrected chi connectivity index (χ3v) is 4.73. The van der Waals surface area contributed by atoms with Crippen molar-refractivity contribution in [2.45, 2.75) is 18.6 Å². The molecule has 0 spiro atoms. The predicted molar refractivity (Wildman–Crippen MR) is 86.4 cm³/mol. The normalized spacial score (nSPS) is 17.7. The molecule has 0 bridgehead atoms. The van der Waals surface area contributed by atoms with Crippen LogP contribution in [-0.2, 0) is 9.59 Å². The number of thioether (sulfide) groups is 1. The maximum atomic E-state index is 12.2. The molecule has 0 saturated carbocycles. The van der Waals surface area contributed by atoms with Crippen molar-refractivity contribution >= 4 is 50.1 Å². The highest BCUT2D eigenvalue weighted by molar-refractivity contribution is 9.10. The molecular formula is C13H13BrN2O5S. The van der Waals surface area contributed by atoms with Gasteiger partial charge < -0.3 is 9.64 Å². The number of nitro groups is 1. The maximum absolute atomic E-state index is 12.2. The number of halogens is 1. The Kier molecular flexibility index (Phi) is 5.07. The summed E-state index contributed by atoms with van der Waals surface area (Å²) >= 11 is 4.34. The van der Waals surface area contributed by atoms with Gasteiger partial charge in [-0.05, 0) is 22.0 Å². The molecular weight excluding hydrogens is 376 g/mol. The van der Waals surface area contributed by atoms with Crippen LogP contribution in [0.15, 0.2) is 16.6 Å². The minimum absolute atomic E-state index is 0.0806. The molecule has 1 aliphatic heterocycles. The Labute approximate surface area is 139 Å². The molecule has 1 atom stereocenters. The number of anilines is 1. The molecule has 1 amide bonds. The Morgan fingerprint density at radius 3 is 2.77 bits per heavy atom. The Morgan fingerprint density at radius 2 is 2.23 bits per heavy atom. The van der Waals surface area contributed by atoms with Crippen LogP contribution in [0.1, 0.15) is 13.3 Å². The lowest BCUT2D eigenvalue weighted by molar-refractivity contribution is -0.384. The first-order valence-electron chi connectivity index (χ1n) is 6.33. The van der Waals surface area contributed by atoms with Crippen molar-refractivity contribution in [3.63, 3.8) is 0 Å². The molecule has 0 aliphatic carbocycles. The van der Waals surface area contributed by atoms with E-state index >= 15 is 0 Å². The van der Waals surface area contributed by atoms with E-state index in [0.717, 1.165) is 11.8 Å². The van der Waals surface area contributed by atoms with Crippen LogP contribution in [0.2, 0.25) is 0 Å². The first kappa shape index (κ1) is 16.8. The van der Waals surface area contributed by atoms with Crippen LogP contribution in [0, 0.1) is 10.1 Å². The van der Waals surface area contributed by atoms with Crippen LogP contribution < -0.4 is 9.64 Å². The van der Waals surface area contributed by atoms with Crippen LogP contribution >= 0.6 is 27.7 Å². The Balaban J connectivity index is 2.42. The van der Waals surface area contributed by atoms with Crippen molar-refractivity contribution < 1.29 is 19.2 Å². The number of methoxy groups -OCH3 is 1. The summed E-state index contributed by atoms with van der Waals surface area (Å²) in [6.07, 6.45) is 0.180. The highest BCUT2D eigenvalue weighted by atomic mass is 79.9. The molecule has 1 heterocycles. The van der Waals surface area contributed by atoms with Gasteiger partial charge in [0.15, 0.2) is 5.12 Å². The number of hydrogen-bond donors (Lipinski definition) is 0. The molecule has 0 N–H and O–H groups in total. The van der Waals surface area contributed by atoms with Gasteiger partial charge in [0.1, 0.15) is 11.4 Å². The third-order valence-electron chi connectivity index (χ3n) is 3.14. The molecule has 1 fully saturated rings. The molecule has 9 heteroatoms. The number of rotatable bonds is 4. The highest BCUT2D eigenvalue weighted by Gasteiger charge is 2.36. The van der Waals surface area contributed by atoms with Crippen molar-refractivity contribution in [3.05, 3.63) is 26.7 Å². The van der Waals surface area contributed by atoms with Gasteiger partial charge in [-0.1, -0.05) is 11.8 Å². The second kappa shape index (κ2) is 6.66. The number of nitrogens with zero attached hydrogens (tertiary/aromatic N) is 2. The van der Waals surface area contributed by atoms with E-state index in [2.05, 4.69) is 15.9 Å². The molecule has 0 radical (unpaired) electrons. The summed E-state index contributed by atoms with van der Waals surface area (Å²) < 4.78 is 5.42. The molecule has 1 unspecified atom stereocenters. The fourth-order valence-electron chi connectivity index (χ4n) is 2.29. The fourth-order valence-corrected chi connectivity index (χ4v) is 3.85. The summed E-state index contributed by atoms with van der Waals surface area (Å²) in [4.78, 5) is 35.4. The maximum Gasteiger partial charge on any atom is 0.297 e. The second-order valence-electron chi connectivity index (χ2n) is 4.67. The van der Waals surface area contributed by atoms with Gasteiger partial charge >= 0.3 is 0 Å². The topological polar surface area (TPSA) is 89.8 Å². The van der Waals surface area contributed by atoms with Gasteiger partial charge in [-0.25, -0.2) is 0 Å². The Morgan fingerprint density at radius 1 is 1.55 bits per heavy atom. The second-order valence-corrected chi connectivity index (χ2v) is 7.01. The van der Waals surface area contributed by atoms with Crippen LogP contribution in [0.5, 0.6) is 5.75 Å². The first-order valence-corrected chi connectivity index (χ1v) is 8.00. The molecule has 2 rings (SSSR count). The Hall–Kier alpha value is -1.61. The number of nitro benzene ring substituents is 1. The number of hydrogen-bond acceptors (Lipinski definition) is 6. The number of ether oxygens (including phenoxy) is 1. The minimum atomic E-state index is -0.554. The van der Waals surface area contributed by atoms with Crippen molar-refractivity contribution in [2.75, 3.05) is 18.6 Å². The average molecular weight is 389 g/mol. The first-order chi connectivity index (χ1) is 10.3. The van der Waals surface area contributed by atoms with Crippen LogP contribution in [0.3, 0.4) is 0 Å². The number of amides is 1. The van der Waals surface area contributed by atoms with E-state index in [1.165, 1.54) is 25.0 Å². The summed E-state index contributed by atoms with van der Waals surface area (Å²) in [6.45, 7) is 1.69. The van der Waals surface area contributed by atoms with Gasteiger partial charge in [0, 0.05) is 25.1 Å². The lowest BCUT2D eigenvalue weighted by Crippen LogP contribution is -2.26. The molecule has 0 aromatic heterocycles. The molecule has 1 saturated heterocycles. The van der Waals surface area contributed by atoms with Gasteiger partial charge in [-0.2, -0.15) is 0 Å². The van der Waals surface area contributed by atoms with E-state index in [-0.39, 0.29) is 40.6 Å². The highest BCUT2D eigenvalue weighted by Crippen LogP contribution is 2.42. The number of carbonyl (C=O) groups excluding carboxylic acids is 2. The minimum Gasteiger partial charge on any atom is -0.496 e. The monoisotopic (exact) mass is 388 g/mol. The zero-order valence-electron chi connectivity index (χ0n) is 11.9. The van der Waals surface area contributed by atoms with E-state index in [9.17, 15) is 19.7 Å². The summed E-state index contributed by atoms with van der Waals surface area (Å²) in [6, 6.07) is 2.85. The Bertz CT molecular complexity index is 652. The van der Waals surface area contributed by atoms with Crippen molar-refractivity contribution in [2.24, 2.45) is 0 Å². The summed E-state index contributed by atoms with van der Waals surface area (Å²) in [5.74, 6) is 0.0800. The standard InChI is InChI=1S/C13H13BrN2O5S/c1-7(17)22-9-5-12(18)15(6-9)13-10(14)3-8(21-2)4-11(13)16(19)20/h3-4,9H,5-6H2,1-2H3. The van der Waals surface area contributed by atoms with Gasteiger partial charge in [0.05, 0.1) is 22.6 Å². The van der Waals surface area contributed by atoms with Crippen molar-refractivity contribution in [1.29, 1.82) is 0 Å². The SMILES string of the molecule is COc1cc(Br)c(N2CC(SC(C)=O)CC2=O)c([N+](=O)[O-])c1. The fraction of sp³-hybridized carbons (Fsp3) is 0.385. The molecule has 1 aliphatic rings. The van der Waals surface area contributed by atoms with Crippen LogP contribution in [0.25, 0.3) is 0 Å². The van der Waals surface area contributed by atoms with Gasteiger partial charge in [0.2, 0.25) is 5.91 Å². The summed E-state index contributed by atoms with van der Waals surface area (Å²) in [7, 11) is 1.41. The molecule has 22 heavy (non-hydrogen) atoms. The van der Waals surface area contributed by atoms with Gasteiger partial charge in [-0.15, -0.1) is 0 Å². The van der Waals surface area contributed by atoms with Crippen LogP contribution in [0.4, 0.5) is 11.4 Å². The number of carbonyl (C=O) groups is 2. The molecule has 1 aromatic carbocycles. The molecule has 7 nitrogen and oxygen atoms in total. The zero-order chi connectivity index (χ0) is 16.4. The smallest absolute Gasteiger partial charge is 0.297 e. The van der Waals surface area contributed by atoms with E-state index in [4.69, 9.17) is 4.74 Å². The van der Waals surface area contributed by atoms with Gasteiger partial charge in [-0.3, -0.25) is 19.7 Å². The quantitative estimate of drug-likeness (QED) is 0.581. The van der Waals surface area contributed by atoms with E-state index in [0.29, 0.717) is 10.2 Å². The van der Waals surface area contributed by atoms with Gasteiger partial charge in [0.25, 0.3) is 5.69 Å². The van der Waals surface area contributed by atoms with E-state index < -0.39 is 4.92 Å². The lowest BCUT2D eigenvalue weighted by Gasteiger charge is -2.18. The van der Waals surface area contributed by atoms with Crippen LogP contribution in [-0.4, -0.2) is 34.9 Å². The summed E-state index contributed by atoms with van der Waals surface area (Å²) in [5.41, 5.74) is -0.0181. The number of benzene rings is 1. The third kappa shape index (κ3) is 3.41. The molecule has 1 aromatic rings. The summed E-state index contributed by atoms with van der Waals surface area (Å²) in [5, 5.41) is 11.0. The predicted octanol–water partition coefficient (Wildman–Crippen LogP) is 2.75. The van der Waals surface area contributed by atoms with Crippen molar-refractivity contribution in [3.8, 4) is 5.75 Å². The lowest BCUT2D eigenvalue weighted by atomic mass is 10.2. The largest absolute Gasteiger partial charge is 0.496 e.